The van der Waals surface area contributed by atoms with Crippen molar-refractivity contribution in [3.05, 3.63) is 51.2 Å². The molecular formula is C18H17N3O4. The Morgan fingerprint density at radius 3 is 2.68 bits per heavy atom. The first-order chi connectivity index (χ1) is 11.7. The number of rotatable bonds is 2. The van der Waals surface area contributed by atoms with Crippen LogP contribution in [0.4, 0.5) is 5.69 Å². The summed E-state index contributed by atoms with van der Waals surface area (Å²) >= 11 is 0. The molecule has 1 heterocycles. The molecule has 0 radical (unpaired) electrons. The van der Waals surface area contributed by atoms with Gasteiger partial charge in [-0.2, -0.15) is 5.26 Å². The van der Waals surface area contributed by atoms with Gasteiger partial charge < -0.3 is 5.32 Å². The molecule has 0 fully saturated rings. The molecule has 1 aromatic carbocycles. The number of amides is 1. The van der Waals surface area contributed by atoms with E-state index >= 15 is 0 Å². The number of allylic oxidation sites excluding steroid dienone is 2. The van der Waals surface area contributed by atoms with Crippen molar-refractivity contribution in [2.24, 2.45) is 11.3 Å². The molecule has 7 nitrogen and oxygen atoms in total. The molecule has 7 heteroatoms. The summed E-state index contributed by atoms with van der Waals surface area (Å²) in [5, 5.41) is 23.2. The zero-order valence-electron chi connectivity index (χ0n) is 13.9. The predicted molar refractivity (Wildman–Crippen MR) is 88.1 cm³/mol. The van der Waals surface area contributed by atoms with E-state index in [0.29, 0.717) is 29.7 Å². The molecule has 0 saturated carbocycles. The first-order valence-corrected chi connectivity index (χ1v) is 7.94. The third-order valence-electron chi connectivity index (χ3n) is 4.70. The number of carbonyl (C=O) groups excluding carboxylic acids is 2. The van der Waals surface area contributed by atoms with Crippen LogP contribution in [0.1, 0.15) is 38.2 Å². The van der Waals surface area contributed by atoms with Gasteiger partial charge in [0.15, 0.2) is 5.78 Å². The predicted octanol–water partition coefficient (Wildman–Crippen LogP) is 2.59. The van der Waals surface area contributed by atoms with Crippen molar-refractivity contribution in [1.82, 2.24) is 5.32 Å². The van der Waals surface area contributed by atoms with Crippen LogP contribution in [-0.4, -0.2) is 16.6 Å². The number of hydrogen-bond acceptors (Lipinski definition) is 5. The van der Waals surface area contributed by atoms with E-state index in [-0.39, 0.29) is 16.9 Å². The third-order valence-corrected chi connectivity index (χ3v) is 4.70. The number of benzene rings is 1. The van der Waals surface area contributed by atoms with E-state index in [0.717, 1.165) is 0 Å². The topological polar surface area (TPSA) is 113 Å². The Hall–Kier alpha value is -3.01. The molecule has 0 saturated heterocycles. The van der Waals surface area contributed by atoms with Crippen LogP contribution in [0.15, 0.2) is 35.5 Å². The van der Waals surface area contributed by atoms with Crippen LogP contribution >= 0.6 is 0 Å². The first kappa shape index (κ1) is 16.8. The monoisotopic (exact) mass is 339 g/mol. The normalized spacial score (nSPS) is 25.0. The second-order valence-corrected chi connectivity index (χ2v) is 7.26. The molecule has 1 N–H and O–H groups in total. The second kappa shape index (κ2) is 5.81. The smallest absolute Gasteiger partial charge is 0.269 e. The largest absolute Gasteiger partial charge is 0.328 e. The standard InChI is InChI=1S/C18H17N3O4/c1-18(2)7-13-16(14(22)8-18)15(12(9-19)17(23)20-13)10-4-3-5-11(6-10)21(24)25/h3-6,12,15H,7-8H2,1-2H3,(H,20,23). The van der Waals surface area contributed by atoms with E-state index in [4.69, 9.17) is 0 Å². The molecule has 0 bridgehead atoms. The van der Waals surface area contributed by atoms with Gasteiger partial charge in [0.05, 0.1) is 11.0 Å². The lowest BCUT2D eigenvalue weighted by Crippen LogP contribution is -2.45. The van der Waals surface area contributed by atoms with Gasteiger partial charge in [0.1, 0.15) is 5.92 Å². The molecule has 1 aliphatic carbocycles. The molecule has 128 valence electrons. The average molecular weight is 339 g/mol. The third kappa shape index (κ3) is 2.91. The van der Waals surface area contributed by atoms with Crippen LogP contribution < -0.4 is 5.32 Å². The van der Waals surface area contributed by atoms with E-state index in [1.165, 1.54) is 18.2 Å². The Morgan fingerprint density at radius 1 is 1.32 bits per heavy atom. The highest BCUT2D eigenvalue weighted by atomic mass is 16.6. The summed E-state index contributed by atoms with van der Waals surface area (Å²) in [7, 11) is 0. The van der Waals surface area contributed by atoms with Crippen molar-refractivity contribution < 1.29 is 14.5 Å². The molecular weight excluding hydrogens is 322 g/mol. The maximum absolute atomic E-state index is 12.8. The van der Waals surface area contributed by atoms with E-state index < -0.39 is 22.7 Å². The summed E-state index contributed by atoms with van der Waals surface area (Å²) in [5.74, 6) is -2.46. The van der Waals surface area contributed by atoms with Crippen LogP contribution in [0.25, 0.3) is 0 Å². The Kier molecular flexibility index (Phi) is 3.91. The fourth-order valence-electron chi connectivity index (χ4n) is 3.68. The number of non-ortho nitro benzene ring substituents is 1. The lowest BCUT2D eigenvalue weighted by atomic mass is 9.67. The number of nitro groups is 1. The maximum Gasteiger partial charge on any atom is 0.269 e. The minimum atomic E-state index is -1.09. The van der Waals surface area contributed by atoms with Gasteiger partial charge in [-0.3, -0.25) is 19.7 Å². The Bertz CT molecular complexity index is 863. The molecule has 2 atom stereocenters. The molecule has 3 rings (SSSR count). The highest BCUT2D eigenvalue weighted by molar-refractivity contribution is 6.03. The molecule has 1 aromatic rings. The zero-order chi connectivity index (χ0) is 18.4. The van der Waals surface area contributed by atoms with Crippen LogP contribution in [0, 0.1) is 32.8 Å². The number of nitrogens with zero attached hydrogens (tertiary/aromatic N) is 2. The van der Waals surface area contributed by atoms with Crippen molar-refractivity contribution >= 4 is 17.4 Å². The van der Waals surface area contributed by atoms with Gasteiger partial charge >= 0.3 is 0 Å². The van der Waals surface area contributed by atoms with Gasteiger partial charge in [-0.15, -0.1) is 0 Å². The lowest BCUT2D eigenvalue weighted by Gasteiger charge is -2.39. The molecule has 1 aliphatic heterocycles. The van der Waals surface area contributed by atoms with Gasteiger partial charge in [-0.25, -0.2) is 0 Å². The number of nitro benzene ring substituents is 1. The fraction of sp³-hybridized carbons (Fsp3) is 0.389. The van der Waals surface area contributed by atoms with E-state index in [2.05, 4.69) is 5.32 Å². The second-order valence-electron chi connectivity index (χ2n) is 7.26. The SMILES string of the molecule is CC1(C)CC(=O)C2=C(C1)NC(=O)C(C#N)C2c1cccc([N+](=O)[O-])c1. The number of nitrogens with one attached hydrogen (secondary N) is 1. The van der Waals surface area contributed by atoms with Crippen molar-refractivity contribution in [3.8, 4) is 6.07 Å². The minimum Gasteiger partial charge on any atom is -0.328 e. The van der Waals surface area contributed by atoms with Crippen LogP contribution in [0.5, 0.6) is 0 Å². The van der Waals surface area contributed by atoms with Crippen molar-refractivity contribution in [2.75, 3.05) is 0 Å². The number of Topliss-reactive ketones (excluding diaryl/α,β-unsaturated/α-hetero) is 1. The highest BCUT2D eigenvalue weighted by Gasteiger charge is 2.46. The molecule has 0 aromatic heterocycles. The molecule has 1 amide bonds. The van der Waals surface area contributed by atoms with Gasteiger partial charge in [-0.1, -0.05) is 26.0 Å². The maximum atomic E-state index is 12.8. The summed E-state index contributed by atoms with van der Waals surface area (Å²) in [5.41, 5.74) is 0.970. The average Bonchev–Trinajstić information content (AvgIpc) is 2.52. The number of ketones is 1. The Labute approximate surface area is 144 Å². The van der Waals surface area contributed by atoms with E-state index in [9.17, 15) is 25.0 Å². The fourth-order valence-corrected chi connectivity index (χ4v) is 3.68. The quantitative estimate of drug-likeness (QED) is 0.657. The van der Waals surface area contributed by atoms with Gasteiger partial charge in [0.2, 0.25) is 5.91 Å². The van der Waals surface area contributed by atoms with Gasteiger partial charge in [-0.05, 0) is 17.4 Å². The zero-order valence-corrected chi connectivity index (χ0v) is 13.9. The number of hydrogen-bond donors (Lipinski definition) is 1. The summed E-state index contributed by atoms with van der Waals surface area (Å²) in [6.45, 7) is 3.89. The minimum absolute atomic E-state index is 0.122. The molecule has 2 unspecified atom stereocenters. The van der Waals surface area contributed by atoms with Gasteiger partial charge in [0, 0.05) is 35.7 Å². The summed E-state index contributed by atoms with van der Waals surface area (Å²) < 4.78 is 0. The number of nitriles is 1. The van der Waals surface area contributed by atoms with Crippen LogP contribution in [0.2, 0.25) is 0 Å². The van der Waals surface area contributed by atoms with Crippen molar-refractivity contribution in [3.63, 3.8) is 0 Å². The number of carbonyl (C=O) groups is 2. The molecule has 25 heavy (non-hydrogen) atoms. The summed E-state index contributed by atoms with van der Waals surface area (Å²) in [6, 6.07) is 7.77. The summed E-state index contributed by atoms with van der Waals surface area (Å²) in [6.07, 6.45) is 0.828. The van der Waals surface area contributed by atoms with E-state index in [1.54, 1.807) is 6.07 Å². The van der Waals surface area contributed by atoms with Crippen molar-refractivity contribution in [1.29, 1.82) is 5.26 Å². The van der Waals surface area contributed by atoms with Gasteiger partial charge in [0.25, 0.3) is 5.69 Å². The Morgan fingerprint density at radius 2 is 2.04 bits per heavy atom. The lowest BCUT2D eigenvalue weighted by molar-refractivity contribution is -0.384. The highest BCUT2D eigenvalue weighted by Crippen LogP contribution is 2.46. The molecule has 0 spiro atoms. The van der Waals surface area contributed by atoms with Crippen molar-refractivity contribution in [2.45, 2.75) is 32.6 Å². The van der Waals surface area contributed by atoms with Crippen LogP contribution in [0.3, 0.4) is 0 Å². The molecule has 2 aliphatic rings. The van der Waals surface area contributed by atoms with E-state index in [1.807, 2.05) is 19.9 Å². The Balaban J connectivity index is 2.18. The first-order valence-electron chi connectivity index (χ1n) is 7.94. The van der Waals surface area contributed by atoms with Crippen LogP contribution in [-0.2, 0) is 9.59 Å². The summed E-state index contributed by atoms with van der Waals surface area (Å²) in [4.78, 5) is 35.7.